The summed E-state index contributed by atoms with van der Waals surface area (Å²) in [6, 6.07) is 1.91. The second-order valence-electron chi connectivity index (χ2n) is 1.81. The minimum Gasteiger partial charge on any atom is -0.299 e. The van der Waals surface area contributed by atoms with Crippen LogP contribution in [0.3, 0.4) is 0 Å². The lowest BCUT2D eigenvalue weighted by molar-refractivity contribution is 0.526. The lowest BCUT2D eigenvalue weighted by atomic mass is 10.7. The Bertz CT molecular complexity index is 145. The number of rotatable bonds is 3. The van der Waals surface area contributed by atoms with Crippen LogP contribution in [0.25, 0.3) is 0 Å². The van der Waals surface area contributed by atoms with Gasteiger partial charge in [-0.3, -0.25) is 10.00 Å². The molecule has 0 radical (unpaired) electrons. The molecule has 0 aliphatic rings. The van der Waals surface area contributed by atoms with Crippen LogP contribution in [-0.2, 0) is 6.67 Å². The van der Waals surface area contributed by atoms with E-state index < -0.39 is 0 Å². The van der Waals surface area contributed by atoms with Gasteiger partial charge in [-0.15, -0.1) is 0 Å². The molecule has 1 aromatic rings. The highest BCUT2D eigenvalue weighted by Gasteiger charge is 1.83. The molecular weight excluding hydrogens is 114 g/mol. The van der Waals surface area contributed by atoms with Crippen molar-refractivity contribution in [2.45, 2.75) is 13.6 Å². The summed E-state index contributed by atoms with van der Waals surface area (Å²) in [5, 5.41) is 7.16. The van der Waals surface area contributed by atoms with E-state index in [1.54, 1.807) is 6.20 Å². The molecule has 0 saturated heterocycles. The van der Waals surface area contributed by atoms with Crippen LogP contribution in [-0.4, -0.2) is 16.3 Å². The molecule has 1 rings (SSSR count). The molecule has 0 saturated carbocycles. The fourth-order valence-corrected chi connectivity index (χ4v) is 0.620. The summed E-state index contributed by atoms with van der Waals surface area (Å²) < 4.78 is 1.85. The molecule has 9 heavy (non-hydrogen) atoms. The van der Waals surface area contributed by atoms with Gasteiger partial charge in [0.05, 0.1) is 6.67 Å². The topological polar surface area (TPSA) is 29.9 Å². The summed E-state index contributed by atoms with van der Waals surface area (Å²) >= 11 is 0. The molecule has 1 N–H and O–H groups in total. The molecule has 0 spiro atoms. The van der Waals surface area contributed by atoms with Crippen molar-refractivity contribution < 1.29 is 0 Å². The van der Waals surface area contributed by atoms with Gasteiger partial charge in [-0.1, -0.05) is 6.92 Å². The van der Waals surface area contributed by atoms with E-state index in [2.05, 4.69) is 17.3 Å². The highest BCUT2D eigenvalue weighted by Crippen LogP contribution is 1.79. The summed E-state index contributed by atoms with van der Waals surface area (Å²) in [4.78, 5) is 0. The van der Waals surface area contributed by atoms with Gasteiger partial charge in [0.25, 0.3) is 0 Å². The molecule has 3 nitrogen and oxygen atoms in total. The molecule has 0 unspecified atom stereocenters. The van der Waals surface area contributed by atoms with Crippen molar-refractivity contribution in [2.24, 2.45) is 0 Å². The number of hydrogen-bond acceptors (Lipinski definition) is 2. The highest BCUT2D eigenvalue weighted by atomic mass is 15.3. The van der Waals surface area contributed by atoms with Crippen molar-refractivity contribution in [3.63, 3.8) is 0 Å². The predicted octanol–water partition coefficient (Wildman–Crippen LogP) is 0.450. The van der Waals surface area contributed by atoms with Gasteiger partial charge in [-0.25, -0.2) is 0 Å². The second-order valence-corrected chi connectivity index (χ2v) is 1.81. The highest BCUT2D eigenvalue weighted by molar-refractivity contribution is 4.76. The molecule has 3 heteroatoms. The SMILES string of the molecule is CCNCn1cccn1. The van der Waals surface area contributed by atoms with Crippen LogP contribution >= 0.6 is 0 Å². The summed E-state index contributed by atoms with van der Waals surface area (Å²) in [7, 11) is 0. The third-order valence-electron chi connectivity index (χ3n) is 1.08. The number of aromatic nitrogens is 2. The molecule has 1 heterocycles. The van der Waals surface area contributed by atoms with Gasteiger partial charge in [0.15, 0.2) is 0 Å². The molecule has 0 aliphatic heterocycles. The monoisotopic (exact) mass is 125 g/mol. The predicted molar refractivity (Wildman–Crippen MR) is 35.9 cm³/mol. The quantitative estimate of drug-likeness (QED) is 0.635. The Morgan fingerprint density at radius 2 is 2.56 bits per heavy atom. The normalized spacial score (nSPS) is 9.89. The van der Waals surface area contributed by atoms with Crippen LogP contribution < -0.4 is 5.32 Å². The van der Waals surface area contributed by atoms with Gasteiger partial charge >= 0.3 is 0 Å². The van der Waals surface area contributed by atoms with Gasteiger partial charge in [0, 0.05) is 12.4 Å². The summed E-state index contributed by atoms with van der Waals surface area (Å²) in [6.07, 6.45) is 3.71. The Morgan fingerprint density at radius 3 is 3.11 bits per heavy atom. The zero-order chi connectivity index (χ0) is 6.53. The van der Waals surface area contributed by atoms with E-state index >= 15 is 0 Å². The van der Waals surface area contributed by atoms with Crippen molar-refractivity contribution in [2.75, 3.05) is 6.54 Å². The lowest BCUT2D eigenvalue weighted by Crippen LogP contribution is -2.17. The smallest absolute Gasteiger partial charge is 0.0903 e. The van der Waals surface area contributed by atoms with E-state index in [4.69, 9.17) is 0 Å². The molecule has 0 atom stereocenters. The Kier molecular flexibility index (Phi) is 2.27. The first-order valence-corrected chi connectivity index (χ1v) is 3.11. The average Bonchev–Trinajstić information content (AvgIpc) is 2.34. The zero-order valence-corrected chi connectivity index (χ0v) is 5.54. The third-order valence-corrected chi connectivity index (χ3v) is 1.08. The van der Waals surface area contributed by atoms with E-state index in [1.807, 2.05) is 16.9 Å². The van der Waals surface area contributed by atoms with Crippen LogP contribution in [0.15, 0.2) is 18.5 Å². The molecule has 0 bridgehead atoms. The second kappa shape index (κ2) is 3.25. The summed E-state index contributed by atoms with van der Waals surface area (Å²) in [5.41, 5.74) is 0. The van der Waals surface area contributed by atoms with Crippen LogP contribution in [0.5, 0.6) is 0 Å². The molecule has 0 fully saturated rings. The maximum absolute atomic E-state index is 4.01. The van der Waals surface area contributed by atoms with Gasteiger partial charge in [0.2, 0.25) is 0 Å². The maximum atomic E-state index is 4.01. The van der Waals surface area contributed by atoms with Crippen molar-refractivity contribution in [3.8, 4) is 0 Å². The average molecular weight is 125 g/mol. The Morgan fingerprint density at radius 1 is 1.67 bits per heavy atom. The molecular formula is C6H11N3. The van der Waals surface area contributed by atoms with Gasteiger partial charge in [-0.05, 0) is 12.6 Å². The number of nitrogens with zero attached hydrogens (tertiary/aromatic N) is 2. The van der Waals surface area contributed by atoms with E-state index in [0.29, 0.717) is 0 Å². The Labute approximate surface area is 54.7 Å². The van der Waals surface area contributed by atoms with E-state index in [0.717, 1.165) is 13.2 Å². The molecule has 1 aromatic heterocycles. The van der Waals surface area contributed by atoms with Crippen molar-refractivity contribution in [1.82, 2.24) is 15.1 Å². The molecule has 50 valence electrons. The van der Waals surface area contributed by atoms with E-state index in [-0.39, 0.29) is 0 Å². The standard InChI is InChI=1S/C6H11N3/c1-2-7-6-9-5-3-4-8-9/h3-5,7H,2,6H2,1H3. The summed E-state index contributed by atoms with van der Waals surface area (Å²) in [6.45, 7) is 3.87. The lowest BCUT2D eigenvalue weighted by Gasteiger charge is -1.98. The minimum absolute atomic E-state index is 0.809. The van der Waals surface area contributed by atoms with Crippen LogP contribution in [0, 0.1) is 0 Å². The van der Waals surface area contributed by atoms with E-state index in [9.17, 15) is 0 Å². The van der Waals surface area contributed by atoms with Crippen molar-refractivity contribution in [3.05, 3.63) is 18.5 Å². The maximum Gasteiger partial charge on any atom is 0.0903 e. The third kappa shape index (κ3) is 1.85. The first-order chi connectivity index (χ1) is 4.43. The first-order valence-electron chi connectivity index (χ1n) is 3.11. The van der Waals surface area contributed by atoms with Crippen molar-refractivity contribution >= 4 is 0 Å². The molecule has 0 aromatic carbocycles. The van der Waals surface area contributed by atoms with Gasteiger partial charge in [0.1, 0.15) is 0 Å². The number of hydrogen-bond donors (Lipinski definition) is 1. The van der Waals surface area contributed by atoms with Crippen LogP contribution in [0.2, 0.25) is 0 Å². The fourth-order valence-electron chi connectivity index (χ4n) is 0.620. The van der Waals surface area contributed by atoms with Gasteiger partial charge in [-0.2, -0.15) is 5.10 Å². The van der Waals surface area contributed by atoms with Gasteiger partial charge < -0.3 is 0 Å². The Hall–Kier alpha value is -0.830. The zero-order valence-electron chi connectivity index (χ0n) is 5.54. The fraction of sp³-hybridized carbons (Fsp3) is 0.500. The van der Waals surface area contributed by atoms with Crippen LogP contribution in [0.4, 0.5) is 0 Å². The largest absolute Gasteiger partial charge is 0.299 e. The van der Waals surface area contributed by atoms with Crippen LogP contribution in [0.1, 0.15) is 6.92 Å². The first kappa shape index (κ1) is 6.29. The molecule has 0 amide bonds. The molecule has 0 aliphatic carbocycles. The minimum atomic E-state index is 0.809. The Balaban J connectivity index is 2.30. The van der Waals surface area contributed by atoms with E-state index in [1.165, 1.54) is 0 Å². The number of nitrogens with one attached hydrogen (secondary N) is 1. The van der Waals surface area contributed by atoms with Crippen molar-refractivity contribution in [1.29, 1.82) is 0 Å². The summed E-state index contributed by atoms with van der Waals surface area (Å²) in [5.74, 6) is 0.